The summed E-state index contributed by atoms with van der Waals surface area (Å²) in [6, 6.07) is 0. The van der Waals surface area contributed by atoms with Crippen molar-refractivity contribution in [2.24, 2.45) is 39.4 Å². The van der Waals surface area contributed by atoms with E-state index in [-0.39, 0.29) is 36.3 Å². The van der Waals surface area contributed by atoms with Crippen molar-refractivity contribution in [1.29, 1.82) is 0 Å². The molecule has 1 spiro atoms. The molecule has 80 heavy (non-hydrogen) atoms. The summed E-state index contributed by atoms with van der Waals surface area (Å²) in [5.74, 6) is -0.901. The molecular weight excluding hydrogens is 1060 g/mol. The smallest absolute Gasteiger partial charge is 0.316 e. The molecule has 5 saturated heterocycles. The van der Waals surface area contributed by atoms with Gasteiger partial charge in [0.05, 0.1) is 38.1 Å². The van der Waals surface area contributed by atoms with Gasteiger partial charge in [-0.15, -0.1) is 0 Å². The van der Waals surface area contributed by atoms with Gasteiger partial charge in [-0.3, -0.25) is 9.59 Å². The highest BCUT2D eigenvalue weighted by molar-refractivity contribution is 5.84. The van der Waals surface area contributed by atoms with Gasteiger partial charge in [-0.25, -0.2) is 0 Å². The lowest BCUT2D eigenvalue weighted by molar-refractivity contribution is -0.389. The first-order valence-corrected chi connectivity index (χ1v) is 28.7. The van der Waals surface area contributed by atoms with E-state index in [1.807, 2.05) is 26.8 Å². The molecule has 0 bridgehead atoms. The largest absolute Gasteiger partial charge is 0.460 e. The van der Waals surface area contributed by atoms with Crippen LogP contribution in [0.2, 0.25) is 0 Å². The van der Waals surface area contributed by atoms with Crippen LogP contribution in [0.15, 0.2) is 11.6 Å². The van der Waals surface area contributed by atoms with Crippen molar-refractivity contribution in [1.82, 2.24) is 0 Å². The summed E-state index contributed by atoms with van der Waals surface area (Å²) in [5, 5.41) is 122. The molecule has 9 aliphatic rings. The van der Waals surface area contributed by atoms with Crippen LogP contribution in [-0.2, 0) is 61.7 Å². The maximum Gasteiger partial charge on any atom is 0.316 e. The quantitative estimate of drug-likeness (QED) is 0.0520. The van der Waals surface area contributed by atoms with Crippen LogP contribution in [0.25, 0.3) is 0 Å². The molecule has 9 rings (SSSR count). The molecule has 0 aromatic rings. The lowest BCUT2D eigenvalue weighted by atomic mass is 9.40. The summed E-state index contributed by atoms with van der Waals surface area (Å²) in [5.41, 5.74) is -3.02. The minimum absolute atomic E-state index is 0.000531. The van der Waals surface area contributed by atoms with Crippen molar-refractivity contribution >= 4 is 11.9 Å². The first-order valence-electron chi connectivity index (χ1n) is 28.7. The van der Waals surface area contributed by atoms with E-state index < -0.39 is 175 Å². The van der Waals surface area contributed by atoms with Crippen LogP contribution in [0.1, 0.15) is 120 Å². The van der Waals surface area contributed by atoms with Gasteiger partial charge in [0.15, 0.2) is 25.2 Å². The molecule has 11 N–H and O–H groups in total. The normalized spacial score (nSPS) is 51.1. The number of ether oxygens (including phenoxy) is 11. The zero-order valence-corrected chi connectivity index (χ0v) is 47.6. The van der Waals surface area contributed by atoms with Crippen LogP contribution in [0, 0.1) is 39.4 Å². The Hall–Kier alpha value is -2.12. The highest BCUT2D eigenvalue weighted by Gasteiger charge is 2.79. The summed E-state index contributed by atoms with van der Waals surface area (Å²) in [6.45, 7) is 15.4. The first kappa shape index (κ1) is 62.4. The molecule has 0 aromatic heterocycles. The third kappa shape index (κ3) is 10.3. The van der Waals surface area contributed by atoms with Gasteiger partial charge in [0.2, 0.25) is 0 Å². The minimum atomic E-state index is -1.91. The molecule has 3 saturated carbocycles. The van der Waals surface area contributed by atoms with E-state index in [1.165, 1.54) is 21.0 Å². The van der Waals surface area contributed by atoms with Gasteiger partial charge >= 0.3 is 11.9 Å². The molecule has 0 radical (unpaired) electrons. The van der Waals surface area contributed by atoms with Crippen molar-refractivity contribution < 1.29 is 118 Å². The number of esters is 2. The number of hydrogen-bond donors (Lipinski definition) is 11. The van der Waals surface area contributed by atoms with Gasteiger partial charge in [0.1, 0.15) is 102 Å². The monoisotopic (exact) mass is 1150 g/mol. The number of carbonyl (C=O) groups is 2. The molecule has 4 aliphatic carbocycles. The molecular formula is C56H90O24. The van der Waals surface area contributed by atoms with E-state index in [2.05, 4.69) is 27.7 Å². The van der Waals surface area contributed by atoms with Gasteiger partial charge in [-0.1, -0.05) is 39.3 Å². The third-order valence-electron chi connectivity index (χ3n) is 20.8. The van der Waals surface area contributed by atoms with Gasteiger partial charge < -0.3 is 108 Å². The maximum atomic E-state index is 14.6. The lowest BCUT2D eigenvalue weighted by Crippen LogP contribution is -2.67. The maximum absolute atomic E-state index is 14.6. The van der Waals surface area contributed by atoms with E-state index in [1.54, 1.807) is 0 Å². The fourth-order valence-corrected chi connectivity index (χ4v) is 16.7. The van der Waals surface area contributed by atoms with Crippen molar-refractivity contribution in [2.45, 2.75) is 260 Å². The molecule has 24 nitrogen and oxygen atoms in total. The van der Waals surface area contributed by atoms with Crippen molar-refractivity contribution in [2.75, 3.05) is 26.9 Å². The van der Waals surface area contributed by atoms with E-state index >= 15 is 0 Å². The van der Waals surface area contributed by atoms with Crippen LogP contribution in [-0.4, -0.2) is 235 Å². The number of allylic oxidation sites excluding steroid dienone is 1. The number of hydrogen-bond acceptors (Lipinski definition) is 24. The molecule has 8 fully saturated rings. The summed E-state index contributed by atoms with van der Waals surface area (Å²) >= 11 is 0. The number of fused-ring (bicyclic) bond motifs is 4. The number of cyclic esters (lactones) is 1. The summed E-state index contributed by atoms with van der Waals surface area (Å²) in [6.07, 6.45) is -23.5. The van der Waals surface area contributed by atoms with E-state index in [4.69, 9.17) is 52.1 Å². The van der Waals surface area contributed by atoms with Crippen LogP contribution in [0.4, 0.5) is 0 Å². The molecule has 28 atom stereocenters. The van der Waals surface area contributed by atoms with Crippen LogP contribution in [0.5, 0.6) is 0 Å². The van der Waals surface area contributed by atoms with Crippen LogP contribution in [0.3, 0.4) is 0 Å². The Bertz CT molecular complexity index is 2230. The second-order valence-corrected chi connectivity index (χ2v) is 26.3. The fourth-order valence-electron chi connectivity index (χ4n) is 16.7. The predicted molar refractivity (Wildman–Crippen MR) is 273 cm³/mol. The molecule has 5 heterocycles. The second kappa shape index (κ2) is 23.0. The number of methoxy groups -OCH3 is 1. The van der Waals surface area contributed by atoms with Gasteiger partial charge in [0.25, 0.3) is 0 Å². The Balaban J connectivity index is 0.866. The Morgan fingerprint density at radius 3 is 1.91 bits per heavy atom. The highest BCUT2D eigenvalue weighted by Crippen LogP contribution is 2.76. The SMILES string of the molecule is COC1C(O)C(CO)OC(OC2C(O)C(CO)OC(OC3C(C)OC(OC4C(OC5CCC6(C)C7=CC(O)C89C(=O)OC(C)(CCCC(C)(C)OC(C)=O)C8CCC9(C)C7CCC6C5(C)C)OCC(O)C4O)C(O)C3O)C2O)C1O. The van der Waals surface area contributed by atoms with Gasteiger partial charge in [-0.2, -0.15) is 0 Å². The molecule has 24 heteroatoms. The van der Waals surface area contributed by atoms with Crippen molar-refractivity contribution in [3.63, 3.8) is 0 Å². The van der Waals surface area contributed by atoms with Crippen molar-refractivity contribution in [3.05, 3.63) is 11.6 Å². The number of carbonyl (C=O) groups excluding carboxylic acids is 2. The van der Waals surface area contributed by atoms with Crippen molar-refractivity contribution in [3.8, 4) is 0 Å². The predicted octanol–water partition coefficient (Wildman–Crippen LogP) is -0.651. The van der Waals surface area contributed by atoms with Crippen LogP contribution < -0.4 is 0 Å². The third-order valence-corrected chi connectivity index (χ3v) is 20.8. The first-order chi connectivity index (χ1) is 37.5. The molecule has 5 aliphatic heterocycles. The molecule has 0 aromatic carbocycles. The number of aliphatic hydroxyl groups excluding tert-OH is 11. The molecule has 458 valence electrons. The molecule has 28 unspecified atom stereocenters. The molecule has 0 amide bonds. The van der Waals surface area contributed by atoms with E-state index in [0.717, 1.165) is 31.3 Å². The Labute approximate surface area is 466 Å². The summed E-state index contributed by atoms with van der Waals surface area (Å²) in [4.78, 5) is 26.3. The standard InChI is InChI=1S/C56H90O24/c1-24-42(76-48-41(68)44(37(64)30(22-58)74-48)77-47-40(67)43(70-10)36(63)29(21-57)73-47)38(65)39(66)46(72-24)78-45-35(62)28(60)23-71-49(45)75-34-15-18-53(7)27-20-33(61)56-32(14-19-54(56,8)26(27)12-13-31(53)52(34,5)6)55(9,80-50(56)69)17-11-16-51(3,4)79-25(2)59/h20,24,26,28-49,57-58,60-68H,11-19,21-23H2,1-10H3. The fraction of sp³-hybridized carbons (Fsp3) is 0.929. The van der Waals surface area contributed by atoms with Gasteiger partial charge in [0, 0.05) is 20.0 Å². The second-order valence-electron chi connectivity index (χ2n) is 26.3. The number of rotatable bonds is 16. The highest BCUT2D eigenvalue weighted by atomic mass is 16.8. The topological polar surface area (TPSA) is 358 Å². The van der Waals surface area contributed by atoms with Gasteiger partial charge in [-0.05, 0) is 114 Å². The average Bonchev–Trinajstić information content (AvgIpc) is 3.66. The number of aliphatic hydroxyl groups is 11. The Morgan fingerprint density at radius 1 is 0.688 bits per heavy atom. The van der Waals surface area contributed by atoms with E-state index in [9.17, 15) is 65.8 Å². The van der Waals surface area contributed by atoms with Crippen LogP contribution >= 0.6 is 0 Å². The summed E-state index contributed by atoms with van der Waals surface area (Å²) in [7, 11) is 1.20. The zero-order chi connectivity index (χ0) is 58.6. The Morgan fingerprint density at radius 2 is 1.29 bits per heavy atom. The summed E-state index contributed by atoms with van der Waals surface area (Å²) < 4.78 is 65.4. The zero-order valence-electron chi connectivity index (χ0n) is 47.6. The minimum Gasteiger partial charge on any atom is -0.460 e. The van der Waals surface area contributed by atoms with E-state index in [0.29, 0.717) is 32.1 Å². The Kier molecular flexibility index (Phi) is 17.9. The average molecular weight is 1150 g/mol. The lowest BCUT2D eigenvalue weighted by Gasteiger charge is -2.64.